The van der Waals surface area contributed by atoms with Crippen LogP contribution in [-0.4, -0.2) is 15.9 Å². The first kappa shape index (κ1) is 11.6. The van der Waals surface area contributed by atoms with Crippen molar-refractivity contribution in [2.24, 2.45) is 0 Å². The average molecular weight is 271 g/mol. The van der Waals surface area contributed by atoms with Gasteiger partial charge in [-0.3, -0.25) is 15.1 Å². The Hall–Kier alpha value is -2.47. The Morgan fingerprint density at radius 2 is 2.26 bits per heavy atom. The molecule has 1 amide bonds. The maximum Gasteiger partial charge on any atom is 0.293 e. The standard InChI is InChI=1S/C13H9N3O2S/c17-12(11-4-2-6-18-11)16-13-15-10(8-19-13)9-3-1-5-14-7-9/h1-8H,(H,15,16,17). The van der Waals surface area contributed by atoms with Gasteiger partial charge in [-0.05, 0) is 24.3 Å². The highest BCUT2D eigenvalue weighted by atomic mass is 32.1. The molecule has 0 atom stereocenters. The lowest BCUT2D eigenvalue weighted by Gasteiger charge is -1.97. The Balaban J connectivity index is 1.77. The van der Waals surface area contributed by atoms with Crippen LogP contribution in [0.3, 0.4) is 0 Å². The van der Waals surface area contributed by atoms with Gasteiger partial charge in [0.05, 0.1) is 12.0 Å². The predicted molar refractivity (Wildman–Crippen MR) is 72.0 cm³/mol. The molecule has 0 aromatic carbocycles. The second-order valence-corrected chi connectivity index (χ2v) is 4.57. The van der Waals surface area contributed by atoms with Crippen molar-refractivity contribution in [2.45, 2.75) is 0 Å². The summed E-state index contributed by atoms with van der Waals surface area (Å²) in [4.78, 5) is 20.1. The van der Waals surface area contributed by atoms with Gasteiger partial charge in [0.15, 0.2) is 10.9 Å². The topological polar surface area (TPSA) is 68.0 Å². The first-order chi connectivity index (χ1) is 9.33. The first-order valence-electron chi connectivity index (χ1n) is 5.54. The largest absolute Gasteiger partial charge is 0.459 e. The fourth-order valence-electron chi connectivity index (χ4n) is 1.54. The van der Waals surface area contributed by atoms with Crippen LogP contribution in [0.1, 0.15) is 10.6 Å². The number of anilines is 1. The molecule has 0 bridgehead atoms. The first-order valence-corrected chi connectivity index (χ1v) is 6.42. The number of carbonyl (C=O) groups excluding carboxylic acids is 1. The van der Waals surface area contributed by atoms with E-state index in [-0.39, 0.29) is 11.7 Å². The number of carbonyl (C=O) groups is 1. The van der Waals surface area contributed by atoms with Crippen LogP contribution in [0.25, 0.3) is 11.3 Å². The second kappa shape index (κ2) is 5.03. The SMILES string of the molecule is O=C(Nc1nc(-c2cccnc2)cs1)c1ccco1. The molecule has 0 radical (unpaired) electrons. The van der Waals surface area contributed by atoms with E-state index in [1.54, 1.807) is 24.5 Å². The molecule has 0 spiro atoms. The van der Waals surface area contributed by atoms with E-state index in [0.717, 1.165) is 11.3 Å². The summed E-state index contributed by atoms with van der Waals surface area (Å²) >= 11 is 1.36. The van der Waals surface area contributed by atoms with E-state index in [4.69, 9.17) is 4.42 Å². The molecule has 3 heterocycles. The third kappa shape index (κ3) is 2.53. The Bertz CT molecular complexity index is 677. The van der Waals surface area contributed by atoms with E-state index < -0.39 is 0 Å². The summed E-state index contributed by atoms with van der Waals surface area (Å²) in [7, 11) is 0. The van der Waals surface area contributed by atoms with Crippen molar-refractivity contribution >= 4 is 22.4 Å². The molecule has 0 fully saturated rings. The number of rotatable bonds is 3. The number of pyridine rings is 1. The zero-order chi connectivity index (χ0) is 13.1. The number of hydrogen-bond donors (Lipinski definition) is 1. The van der Waals surface area contributed by atoms with E-state index >= 15 is 0 Å². The molecule has 5 nitrogen and oxygen atoms in total. The highest BCUT2D eigenvalue weighted by Gasteiger charge is 2.11. The smallest absolute Gasteiger partial charge is 0.293 e. The number of hydrogen-bond acceptors (Lipinski definition) is 5. The van der Waals surface area contributed by atoms with E-state index in [1.807, 2.05) is 17.5 Å². The second-order valence-electron chi connectivity index (χ2n) is 3.71. The molecule has 94 valence electrons. The molecule has 0 aliphatic heterocycles. The normalized spacial score (nSPS) is 10.3. The minimum Gasteiger partial charge on any atom is -0.459 e. The summed E-state index contributed by atoms with van der Waals surface area (Å²) in [6, 6.07) is 7.03. The minimum absolute atomic E-state index is 0.262. The van der Waals surface area contributed by atoms with E-state index in [0.29, 0.717) is 5.13 Å². The zero-order valence-corrected chi connectivity index (χ0v) is 10.6. The molecule has 0 saturated carbocycles. The Morgan fingerprint density at radius 1 is 1.32 bits per heavy atom. The van der Waals surface area contributed by atoms with Gasteiger partial charge in [0.1, 0.15) is 0 Å². The third-order valence-electron chi connectivity index (χ3n) is 2.43. The van der Waals surface area contributed by atoms with E-state index in [1.165, 1.54) is 17.6 Å². The summed E-state index contributed by atoms with van der Waals surface area (Å²) < 4.78 is 5.01. The zero-order valence-electron chi connectivity index (χ0n) is 9.74. The third-order valence-corrected chi connectivity index (χ3v) is 3.18. The number of furan rings is 1. The molecular weight excluding hydrogens is 262 g/mol. The lowest BCUT2D eigenvalue weighted by Crippen LogP contribution is -2.10. The van der Waals surface area contributed by atoms with Crippen molar-refractivity contribution in [1.29, 1.82) is 0 Å². The van der Waals surface area contributed by atoms with Gasteiger partial charge in [0, 0.05) is 23.3 Å². The number of aromatic nitrogens is 2. The van der Waals surface area contributed by atoms with Crippen LogP contribution in [0, 0.1) is 0 Å². The highest BCUT2D eigenvalue weighted by Crippen LogP contribution is 2.24. The Kier molecular flexibility index (Phi) is 3.07. The lowest BCUT2D eigenvalue weighted by molar-refractivity contribution is 0.0996. The van der Waals surface area contributed by atoms with Crippen LogP contribution < -0.4 is 5.32 Å². The maximum absolute atomic E-state index is 11.8. The quantitative estimate of drug-likeness (QED) is 0.795. The highest BCUT2D eigenvalue weighted by molar-refractivity contribution is 7.14. The molecule has 3 aromatic rings. The van der Waals surface area contributed by atoms with Crippen molar-refractivity contribution in [1.82, 2.24) is 9.97 Å². The van der Waals surface area contributed by atoms with Crippen molar-refractivity contribution in [3.8, 4) is 11.3 Å². The van der Waals surface area contributed by atoms with Gasteiger partial charge in [-0.25, -0.2) is 4.98 Å². The van der Waals surface area contributed by atoms with Crippen LogP contribution in [0.15, 0.2) is 52.7 Å². The number of amides is 1. The van der Waals surface area contributed by atoms with Crippen LogP contribution in [0.2, 0.25) is 0 Å². The molecular formula is C13H9N3O2S. The fourth-order valence-corrected chi connectivity index (χ4v) is 2.26. The molecule has 0 unspecified atom stereocenters. The van der Waals surface area contributed by atoms with Crippen LogP contribution >= 0.6 is 11.3 Å². The van der Waals surface area contributed by atoms with Gasteiger partial charge in [-0.2, -0.15) is 0 Å². The molecule has 0 saturated heterocycles. The van der Waals surface area contributed by atoms with Gasteiger partial charge >= 0.3 is 0 Å². The maximum atomic E-state index is 11.8. The molecule has 0 aliphatic rings. The minimum atomic E-state index is -0.308. The van der Waals surface area contributed by atoms with Crippen LogP contribution in [0.4, 0.5) is 5.13 Å². The molecule has 19 heavy (non-hydrogen) atoms. The Morgan fingerprint density at radius 3 is 3.00 bits per heavy atom. The van der Waals surface area contributed by atoms with E-state index in [9.17, 15) is 4.79 Å². The van der Waals surface area contributed by atoms with Gasteiger partial charge in [0.2, 0.25) is 0 Å². The average Bonchev–Trinajstić information content (AvgIpc) is 3.11. The summed E-state index contributed by atoms with van der Waals surface area (Å²) in [6.45, 7) is 0. The van der Waals surface area contributed by atoms with Gasteiger partial charge in [0.25, 0.3) is 5.91 Å². The van der Waals surface area contributed by atoms with Crippen LogP contribution in [-0.2, 0) is 0 Å². The lowest BCUT2D eigenvalue weighted by atomic mass is 10.2. The fraction of sp³-hybridized carbons (Fsp3) is 0. The molecule has 6 heteroatoms. The summed E-state index contributed by atoms with van der Waals surface area (Å²) in [6.07, 6.45) is 4.89. The molecule has 0 aliphatic carbocycles. The number of nitrogens with zero attached hydrogens (tertiary/aromatic N) is 2. The summed E-state index contributed by atoms with van der Waals surface area (Å²) in [5, 5.41) is 5.09. The molecule has 3 aromatic heterocycles. The summed E-state index contributed by atoms with van der Waals surface area (Å²) in [5.41, 5.74) is 1.70. The van der Waals surface area contributed by atoms with Crippen molar-refractivity contribution in [2.75, 3.05) is 5.32 Å². The predicted octanol–water partition coefficient (Wildman–Crippen LogP) is 3.05. The van der Waals surface area contributed by atoms with Crippen molar-refractivity contribution in [3.63, 3.8) is 0 Å². The van der Waals surface area contributed by atoms with Gasteiger partial charge in [-0.15, -0.1) is 11.3 Å². The van der Waals surface area contributed by atoms with E-state index in [2.05, 4.69) is 15.3 Å². The molecule has 1 N–H and O–H groups in total. The molecule has 3 rings (SSSR count). The van der Waals surface area contributed by atoms with Crippen LogP contribution in [0.5, 0.6) is 0 Å². The van der Waals surface area contributed by atoms with Gasteiger partial charge < -0.3 is 4.42 Å². The summed E-state index contributed by atoms with van der Waals surface area (Å²) in [5.74, 6) is -0.0461. The monoisotopic (exact) mass is 271 g/mol. The van der Waals surface area contributed by atoms with Crippen molar-refractivity contribution < 1.29 is 9.21 Å². The number of nitrogens with one attached hydrogen (secondary N) is 1. The Labute approximate surface area is 112 Å². The number of thiazole rings is 1. The van der Waals surface area contributed by atoms with Gasteiger partial charge in [-0.1, -0.05) is 0 Å². The van der Waals surface area contributed by atoms with Crippen molar-refractivity contribution in [3.05, 3.63) is 54.1 Å².